The van der Waals surface area contributed by atoms with Crippen LogP contribution in [0.4, 0.5) is 0 Å². The Hall–Kier alpha value is -0.620. The molecule has 18 heavy (non-hydrogen) atoms. The van der Waals surface area contributed by atoms with Gasteiger partial charge in [0.1, 0.15) is 5.75 Å². The molecule has 1 spiro atoms. The second kappa shape index (κ2) is 5.17. The van der Waals surface area contributed by atoms with Gasteiger partial charge in [0, 0.05) is 6.61 Å². The molecular weight excluding hydrogens is 256 g/mol. The van der Waals surface area contributed by atoms with Crippen LogP contribution in [0.2, 0.25) is 0 Å². The van der Waals surface area contributed by atoms with E-state index in [4.69, 9.17) is 9.84 Å². The number of rotatable bonds is 3. The summed E-state index contributed by atoms with van der Waals surface area (Å²) in [5.41, 5.74) is -0.299. The molecule has 6 heteroatoms. The minimum atomic E-state index is -3.54. The van der Waals surface area contributed by atoms with E-state index in [2.05, 4.69) is 0 Å². The molecular formula is C12H20O5S. The summed E-state index contributed by atoms with van der Waals surface area (Å²) < 4.78 is 29.8. The smallest absolute Gasteiger partial charge is 0.318 e. The number of carboxylic acids is 1. The monoisotopic (exact) mass is 276 g/mol. The topological polar surface area (TPSA) is 80.7 Å². The van der Waals surface area contributed by atoms with Gasteiger partial charge < -0.3 is 9.84 Å². The molecule has 1 N–H and O–H groups in total. The molecule has 1 saturated heterocycles. The van der Waals surface area contributed by atoms with Gasteiger partial charge in [0.25, 0.3) is 0 Å². The van der Waals surface area contributed by atoms with Crippen LogP contribution < -0.4 is 0 Å². The van der Waals surface area contributed by atoms with Crippen LogP contribution in [0.3, 0.4) is 0 Å². The second-order valence-electron chi connectivity index (χ2n) is 5.41. The first-order valence-corrected chi connectivity index (χ1v) is 8.22. The van der Waals surface area contributed by atoms with Gasteiger partial charge in [-0.05, 0) is 25.7 Å². The number of aliphatic carboxylic acids is 1. The maximum atomic E-state index is 12.0. The summed E-state index contributed by atoms with van der Waals surface area (Å²) in [5, 5.41) is 8.13. The van der Waals surface area contributed by atoms with Gasteiger partial charge in [-0.25, -0.2) is 8.42 Å². The van der Waals surface area contributed by atoms with Gasteiger partial charge in [0.15, 0.2) is 9.84 Å². The molecule has 1 aliphatic heterocycles. The van der Waals surface area contributed by atoms with Crippen LogP contribution in [0.5, 0.6) is 0 Å². The molecule has 1 aliphatic carbocycles. The van der Waals surface area contributed by atoms with Crippen molar-refractivity contribution in [3.8, 4) is 0 Å². The van der Waals surface area contributed by atoms with Crippen LogP contribution in [-0.4, -0.2) is 42.7 Å². The first-order chi connectivity index (χ1) is 8.44. The zero-order valence-electron chi connectivity index (χ0n) is 10.4. The molecule has 0 aromatic carbocycles. The summed E-state index contributed by atoms with van der Waals surface area (Å²) in [6.45, 7) is 0.434. The third kappa shape index (κ3) is 3.03. The molecule has 5 nitrogen and oxygen atoms in total. The highest BCUT2D eigenvalue weighted by atomic mass is 32.2. The normalized spacial score (nSPS) is 28.1. The van der Waals surface area contributed by atoms with E-state index in [-0.39, 0.29) is 5.60 Å². The van der Waals surface area contributed by atoms with Gasteiger partial charge in [-0.15, -0.1) is 0 Å². The fraction of sp³-hybridized carbons (Fsp3) is 0.917. The minimum Gasteiger partial charge on any atom is -0.480 e. The fourth-order valence-electron chi connectivity index (χ4n) is 3.12. The quantitative estimate of drug-likeness (QED) is 0.842. The summed E-state index contributed by atoms with van der Waals surface area (Å²) >= 11 is 0. The Morgan fingerprint density at radius 3 is 2.56 bits per heavy atom. The first-order valence-electron chi connectivity index (χ1n) is 6.51. The molecule has 1 saturated carbocycles. The third-order valence-electron chi connectivity index (χ3n) is 4.05. The summed E-state index contributed by atoms with van der Waals surface area (Å²) in [7, 11) is -3.54. The van der Waals surface area contributed by atoms with Crippen LogP contribution in [0.15, 0.2) is 0 Å². The lowest BCUT2D eigenvalue weighted by molar-refractivity contribution is -0.134. The highest BCUT2D eigenvalue weighted by Crippen LogP contribution is 2.40. The van der Waals surface area contributed by atoms with Gasteiger partial charge in [-0.1, -0.05) is 19.3 Å². The molecule has 0 amide bonds. The average Bonchev–Trinajstić information content (AvgIpc) is 2.28. The summed E-state index contributed by atoms with van der Waals surface area (Å²) in [4.78, 5) is 10.6. The van der Waals surface area contributed by atoms with Crippen molar-refractivity contribution >= 4 is 15.8 Å². The molecule has 0 aromatic heterocycles. The highest BCUT2D eigenvalue weighted by Gasteiger charge is 2.43. The van der Waals surface area contributed by atoms with E-state index in [1.165, 1.54) is 6.42 Å². The van der Waals surface area contributed by atoms with Crippen molar-refractivity contribution < 1.29 is 23.1 Å². The van der Waals surface area contributed by atoms with Crippen LogP contribution in [0, 0.1) is 0 Å². The zero-order chi connectivity index (χ0) is 13.2. The van der Waals surface area contributed by atoms with Gasteiger partial charge in [-0.2, -0.15) is 0 Å². The van der Waals surface area contributed by atoms with E-state index in [0.717, 1.165) is 25.7 Å². The molecule has 2 fully saturated rings. The van der Waals surface area contributed by atoms with Crippen LogP contribution >= 0.6 is 0 Å². The lowest BCUT2D eigenvalue weighted by atomic mass is 9.80. The van der Waals surface area contributed by atoms with E-state index in [0.29, 0.717) is 19.4 Å². The number of sulfone groups is 1. The van der Waals surface area contributed by atoms with Gasteiger partial charge in [0.2, 0.25) is 0 Å². The molecule has 104 valence electrons. The van der Waals surface area contributed by atoms with Crippen molar-refractivity contribution in [3.63, 3.8) is 0 Å². The average molecular weight is 276 g/mol. The molecule has 0 bridgehead atoms. The second-order valence-corrected chi connectivity index (χ2v) is 7.69. The molecule has 0 aromatic rings. The number of carboxylic acid groups (broad SMARTS) is 1. The van der Waals surface area contributed by atoms with E-state index >= 15 is 0 Å². The van der Waals surface area contributed by atoms with Crippen molar-refractivity contribution in [2.45, 2.75) is 55.8 Å². The lowest BCUT2D eigenvalue weighted by Gasteiger charge is -2.43. The van der Waals surface area contributed by atoms with Gasteiger partial charge >= 0.3 is 5.97 Å². The van der Waals surface area contributed by atoms with Crippen molar-refractivity contribution in [2.75, 3.05) is 12.4 Å². The van der Waals surface area contributed by atoms with E-state index in [1.807, 2.05) is 0 Å². The predicted molar refractivity (Wildman–Crippen MR) is 66.2 cm³/mol. The summed E-state index contributed by atoms with van der Waals surface area (Å²) in [6.07, 6.45) is 6.05. The first kappa shape index (κ1) is 13.8. The van der Waals surface area contributed by atoms with Crippen molar-refractivity contribution in [1.29, 1.82) is 0 Å². The highest BCUT2D eigenvalue weighted by molar-refractivity contribution is 7.92. The Balaban J connectivity index is 2.08. The third-order valence-corrected chi connectivity index (χ3v) is 6.11. The van der Waals surface area contributed by atoms with Crippen molar-refractivity contribution in [2.24, 2.45) is 0 Å². The Labute approximate surface area is 107 Å². The van der Waals surface area contributed by atoms with Crippen molar-refractivity contribution in [3.05, 3.63) is 0 Å². The largest absolute Gasteiger partial charge is 0.480 e. The van der Waals surface area contributed by atoms with E-state index < -0.39 is 26.8 Å². The number of hydrogen-bond acceptors (Lipinski definition) is 4. The molecule has 1 heterocycles. The van der Waals surface area contributed by atoms with Crippen LogP contribution in [0.1, 0.15) is 44.9 Å². The number of carbonyl (C=O) groups is 1. The molecule has 1 atom stereocenters. The molecule has 2 rings (SSSR count). The zero-order valence-corrected chi connectivity index (χ0v) is 11.2. The van der Waals surface area contributed by atoms with Crippen LogP contribution in [-0.2, 0) is 19.4 Å². The standard InChI is InChI=1S/C12H20O5S/c13-11(14)9-18(15,16)10-4-7-17-12(8-10)5-2-1-3-6-12/h10H,1-9H2,(H,13,14). The van der Waals surface area contributed by atoms with Crippen LogP contribution in [0.25, 0.3) is 0 Å². The van der Waals surface area contributed by atoms with E-state index in [9.17, 15) is 13.2 Å². The van der Waals surface area contributed by atoms with E-state index in [1.54, 1.807) is 0 Å². The maximum absolute atomic E-state index is 12.0. The summed E-state index contributed by atoms with van der Waals surface area (Å²) in [5.74, 6) is -2.02. The fourth-order valence-corrected chi connectivity index (χ4v) is 4.72. The maximum Gasteiger partial charge on any atom is 0.318 e. The molecule has 1 unspecified atom stereocenters. The number of ether oxygens (including phenoxy) is 1. The molecule has 0 radical (unpaired) electrons. The number of hydrogen-bond donors (Lipinski definition) is 1. The Morgan fingerprint density at radius 2 is 1.94 bits per heavy atom. The molecule has 2 aliphatic rings. The summed E-state index contributed by atoms with van der Waals surface area (Å²) in [6, 6.07) is 0. The predicted octanol–water partition coefficient (Wildman–Crippen LogP) is 1.37. The SMILES string of the molecule is O=C(O)CS(=O)(=O)C1CCOC2(CCCCC2)C1. The Morgan fingerprint density at radius 1 is 1.28 bits per heavy atom. The lowest BCUT2D eigenvalue weighted by Crippen LogP contribution is -2.46. The van der Waals surface area contributed by atoms with Gasteiger partial charge in [0.05, 0.1) is 10.9 Å². The Kier molecular flexibility index (Phi) is 3.96. The minimum absolute atomic E-state index is 0.299. The van der Waals surface area contributed by atoms with Gasteiger partial charge in [-0.3, -0.25) is 4.79 Å². The Bertz CT molecular complexity index is 403. The van der Waals surface area contributed by atoms with Crippen molar-refractivity contribution in [1.82, 2.24) is 0 Å².